The third-order valence-corrected chi connectivity index (χ3v) is 6.81. The van der Waals surface area contributed by atoms with Crippen LogP contribution in [0.5, 0.6) is 0 Å². The van der Waals surface area contributed by atoms with Crippen LogP contribution < -0.4 is 5.73 Å². The second-order valence-electron chi connectivity index (χ2n) is 9.15. The fourth-order valence-corrected chi connectivity index (χ4v) is 4.74. The summed E-state index contributed by atoms with van der Waals surface area (Å²) in [5.74, 6) is -0.216. The lowest BCUT2D eigenvalue weighted by molar-refractivity contribution is -0.156. The van der Waals surface area contributed by atoms with Crippen LogP contribution in [0, 0.1) is 0 Å². The van der Waals surface area contributed by atoms with Gasteiger partial charge in [-0.3, -0.25) is 0 Å². The molecule has 1 atom stereocenters. The maximum absolute atomic E-state index is 13.3. The first-order valence-corrected chi connectivity index (χ1v) is 12.4. The third kappa shape index (κ3) is 5.36. The van der Waals surface area contributed by atoms with E-state index >= 15 is 0 Å². The van der Waals surface area contributed by atoms with Crippen LogP contribution in [0.2, 0.25) is 0 Å². The molecule has 0 saturated carbocycles. The van der Waals surface area contributed by atoms with E-state index in [1.807, 2.05) is 66.7 Å². The zero-order valence-electron chi connectivity index (χ0n) is 20.7. The van der Waals surface area contributed by atoms with Crippen molar-refractivity contribution < 1.29 is 23.5 Å². The molecule has 1 fully saturated rings. The lowest BCUT2D eigenvalue weighted by Crippen LogP contribution is -2.46. The first-order chi connectivity index (χ1) is 18.5. The summed E-state index contributed by atoms with van der Waals surface area (Å²) in [5.41, 5.74) is 7.52. The topological polar surface area (TPSA) is 121 Å². The summed E-state index contributed by atoms with van der Waals surface area (Å²) in [6.45, 7) is 0.796. The van der Waals surface area contributed by atoms with Crippen LogP contribution in [0.15, 0.2) is 95.4 Å². The predicted octanol–water partition coefficient (Wildman–Crippen LogP) is 4.66. The van der Waals surface area contributed by atoms with Crippen LogP contribution in [-0.2, 0) is 26.3 Å². The van der Waals surface area contributed by atoms with Crippen molar-refractivity contribution in [2.24, 2.45) is 0 Å². The molecule has 1 unspecified atom stereocenters. The van der Waals surface area contributed by atoms with E-state index in [0.717, 1.165) is 11.1 Å². The van der Waals surface area contributed by atoms with Crippen LogP contribution in [0.3, 0.4) is 0 Å². The van der Waals surface area contributed by atoms with Crippen molar-refractivity contribution in [3.8, 4) is 0 Å². The quantitative estimate of drug-likeness (QED) is 0.355. The number of hydrogen-bond acceptors (Lipinski definition) is 8. The Bertz CT molecular complexity index is 1350. The Labute approximate surface area is 220 Å². The monoisotopic (exact) mass is 512 g/mol. The van der Waals surface area contributed by atoms with Crippen LogP contribution in [-0.4, -0.2) is 40.2 Å². The second kappa shape index (κ2) is 11.2. The molecule has 194 valence electrons. The Morgan fingerprint density at radius 1 is 0.895 bits per heavy atom. The molecule has 38 heavy (non-hydrogen) atoms. The van der Waals surface area contributed by atoms with Crippen molar-refractivity contribution in [2.45, 2.75) is 31.0 Å². The number of hydrogen-bond donors (Lipinski definition) is 1. The zero-order valence-corrected chi connectivity index (χ0v) is 20.7. The van der Waals surface area contributed by atoms with Crippen molar-refractivity contribution in [1.29, 1.82) is 0 Å². The molecule has 1 aliphatic rings. The van der Waals surface area contributed by atoms with Gasteiger partial charge in [0.15, 0.2) is 0 Å². The number of amides is 1. The first kappa shape index (κ1) is 25.0. The Morgan fingerprint density at radius 3 is 2.11 bits per heavy atom. The number of nitrogens with two attached hydrogens (primary N) is 1. The zero-order chi connectivity index (χ0) is 26.4. The van der Waals surface area contributed by atoms with E-state index in [0.29, 0.717) is 37.4 Å². The van der Waals surface area contributed by atoms with Gasteiger partial charge in [-0.1, -0.05) is 96.1 Å². The Kier molecular flexibility index (Phi) is 7.35. The lowest BCUT2D eigenvalue weighted by atomic mass is 9.72. The summed E-state index contributed by atoms with van der Waals surface area (Å²) in [6, 6.07) is 28.0. The lowest BCUT2D eigenvalue weighted by Gasteiger charge is -2.39. The van der Waals surface area contributed by atoms with Gasteiger partial charge >= 0.3 is 18.1 Å². The van der Waals surface area contributed by atoms with Gasteiger partial charge in [-0.25, -0.2) is 9.59 Å². The van der Waals surface area contributed by atoms with Gasteiger partial charge in [-0.15, -0.1) is 5.10 Å². The number of nitrogen functional groups attached to an aromatic ring is 1. The van der Waals surface area contributed by atoms with E-state index in [4.69, 9.17) is 19.6 Å². The largest absolute Gasteiger partial charge is 0.458 e. The van der Waals surface area contributed by atoms with Gasteiger partial charge in [0.1, 0.15) is 6.61 Å². The number of ether oxygens (including phenoxy) is 2. The van der Waals surface area contributed by atoms with Gasteiger partial charge < -0.3 is 24.5 Å². The molecule has 3 aromatic carbocycles. The van der Waals surface area contributed by atoms with Crippen molar-refractivity contribution in [1.82, 2.24) is 15.1 Å². The molecule has 1 saturated heterocycles. The summed E-state index contributed by atoms with van der Waals surface area (Å²) < 4.78 is 16.9. The summed E-state index contributed by atoms with van der Waals surface area (Å²) in [7, 11) is 0. The number of anilines is 1. The summed E-state index contributed by atoms with van der Waals surface area (Å²) in [5, 5.41) is 8.03. The van der Waals surface area contributed by atoms with Gasteiger partial charge in [0.05, 0.1) is 5.41 Å². The standard InChI is InChI=1S/C29H28N4O5/c30-27-32-31-26(38-27)29(23-14-8-3-9-15-23)16-18-33(19-17-29)28(35)37-24(22-12-6-2-7-13-22)25(34)36-20-21-10-4-1-5-11-21/h1-15,24H,16-20H2,(H2,30,32). The highest BCUT2D eigenvalue weighted by Crippen LogP contribution is 2.41. The SMILES string of the molecule is Nc1nnc(C2(c3ccccc3)CCN(C(=O)OC(C(=O)OCc3ccccc3)c3ccccc3)CC2)o1. The van der Waals surface area contributed by atoms with E-state index in [1.54, 1.807) is 29.2 Å². The van der Waals surface area contributed by atoms with Crippen LogP contribution in [0.4, 0.5) is 10.8 Å². The second-order valence-corrected chi connectivity index (χ2v) is 9.15. The number of nitrogens with zero attached hydrogens (tertiary/aromatic N) is 3. The minimum Gasteiger partial charge on any atom is -0.458 e. The van der Waals surface area contributed by atoms with Crippen molar-refractivity contribution in [3.05, 3.63) is 114 Å². The molecule has 0 radical (unpaired) electrons. The predicted molar refractivity (Wildman–Crippen MR) is 139 cm³/mol. The first-order valence-electron chi connectivity index (χ1n) is 12.4. The normalized spacial score (nSPS) is 15.4. The number of esters is 1. The highest BCUT2D eigenvalue weighted by Gasteiger charge is 2.44. The number of likely N-dealkylation sites (tertiary alicyclic amines) is 1. The van der Waals surface area contributed by atoms with E-state index < -0.39 is 23.6 Å². The molecule has 2 N–H and O–H groups in total. The molecule has 4 aromatic rings. The van der Waals surface area contributed by atoms with E-state index in [9.17, 15) is 9.59 Å². The minimum atomic E-state index is -1.19. The Morgan fingerprint density at radius 2 is 1.50 bits per heavy atom. The molecule has 2 heterocycles. The summed E-state index contributed by atoms with van der Waals surface area (Å²) in [6.07, 6.45) is -0.754. The van der Waals surface area contributed by atoms with Crippen LogP contribution in [0.25, 0.3) is 0 Å². The number of rotatable bonds is 7. The molecule has 9 nitrogen and oxygen atoms in total. The number of carbonyl (C=O) groups excluding carboxylic acids is 2. The molecule has 1 aliphatic heterocycles. The highest BCUT2D eigenvalue weighted by atomic mass is 16.6. The smallest absolute Gasteiger partial charge is 0.410 e. The van der Waals surface area contributed by atoms with Gasteiger partial charge in [0, 0.05) is 18.7 Å². The molecular weight excluding hydrogens is 484 g/mol. The Hall–Kier alpha value is -4.66. The van der Waals surface area contributed by atoms with E-state index in [1.165, 1.54) is 0 Å². The summed E-state index contributed by atoms with van der Waals surface area (Å²) in [4.78, 5) is 27.9. The average molecular weight is 513 g/mol. The van der Waals surface area contributed by atoms with Gasteiger partial charge in [-0.2, -0.15) is 0 Å². The molecule has 9 heteroatoms. The Balaban J connectivity index is 1.30. The van der Waals surface area contributed by atoms with Crippen molar-refractivity contribution in [3.63, 3.8) is 0 Å². The highest BCUT2D eigenvalue weighted by molar-refractivity contribution is 5.80. The van der Waals surface area contributed by atoms with Crippen LogP contribution in [0.1, 0.15) is 41.5 Å². The van der Waals surface area contributed by atoms with E-state index in [2.05, 4.69) is 10.2 Å². The third-order valence-electron chi connectivity index (χ3n) is 6.81. The summed E-state index contributed by atoms with van der Waals surface area (Å²) >= 11 is 0. The number of piperidine rings is 1. The van der Waals surface area contributed by atoms with Gasteiger partial charge in [0.2, 0.25) is 12.0 Å². The fraction of sp³-hybridized carbons (Fsp3) is 0.241. The van der Waals surface area contributed by atoms with Crippen molar-refractivity contribution >= 4 is 18.1 Å². The maximum atomic E-state index is 13.3. The molecule has 0 bridgehead atoms. The van der Waals surface area contributed by atoms with Gasteiger partial charge in [0.25, 0.3) is 0 Å². The van der Waals surface area contributed by atoms with E-state index in [-0.39, 0.29) is 12.6 Å². The minimum absolute atomic E-state index is 0.00290. The molecule has 1 aromatic heterocycles. The molecular formula is C29H28N4O5. The number of aromatic nitrogens is 2. The van der Waals surface area contributed by atoms with Crippen LogP contribution >= 0.6 is 0 Å². The number of benzene rings is 3. The molecule has 1 amide bonds. The molecule has 0 spiro atoms. The van der Waals surface area contributed by atoms with Gasteiger partial charge in [-0.05, 0) is 24.0 Å². The van der Waals surface area contributed by atoms with Crippen molar-refractivity contribution in [2.75, 3.05) is 18.8 Å². The average Bonchev–Trinajstić information content (AvgIpc) is 3.42. The molecule has 5 rings (SSSR count). The molecule has 0 aliphatic carbocycles. The number of carbonyl (C=O) groups is 2. The fourth-order valence-electron chi connectivity index (χ4n) is 4.74. The maximum Gasteiger partial charge on any atom is 0.410 e.